The predicted molar refractivity (Wildman–Crippen MR) is 107 cm³/mol. The molecule has 0 saturated heterocycles. The fourth-order valence-electron chi connectivity index (χ4n) is 3.19. The van der Waals surface area contributed by atoms with E-state index in [-0.39, 0.29) is 17.6 Å². The summed E-state index contributed by atoms with van der Waals surface area (Å²) in [6.45, 7) is 4.32. The normalized spacial score (nSPS) is 15.4. The third-order valence-corrected chi connectivity index (χ3v) is 4.84. The predicted octanol–water partition coefficient (Wildman–Crippen LogP) is 0.279. The molecule has 1 saturated carbocycles. The van der Waals surface area contributed by atoms with Gasteiger partial charge in [0.25, 0.3) is 5.62 Å². The Labute approximate surface area is 169 Å². The summed E-state index contributed by atoms with van der Waals surface area (Å²) in [5, 5.41) is 18.0. The fourth-order valence-corrected chi connectivity index (χ4v) is 3.19. The lowest BCUT2D eigenvalue weighted by molar-refractivity contribution is 0.454. The van der Waals surface area contributed by atoms with E-state index < -0.39 is 5.69 Å². The molecule has 0 aromatic carbocycles. The number of nitrogens with one attached hydrogen (secondary N) is 3. The number of aryl methyl sites for hydroxylation is 2. The largest absolute Gasteiger partial charge is 0.493 e. The summed E-state index contributed by atoms with van der Waals surface area (Å²) in [7, 11) is 0. The minimum absolute atomic E-state index is 0.244. The van der Waals surface area contributed by atoms with E-state index in [1.165, 1.54) is 0 Å². The number of nitrogens with zero attached hydrogens (tertiary/aromatic N) is 5. The Morgan fingerprint density at radius 2 is 2.20 bits per heavy atom. The zero-order valence-electron chi connectivity index (χ0n) is 16.4. The molecule has 0 spiro atoms. The molecule has 1 aliphatic rings. The first kappa shape index (κ1) is 18.2. The van der Waals surface area contributed by atoms with E-state index in [1.54, 1.807) is 16.8 Å². The summed E-state index contributed by atoms with van der Waals surface area (Å²) >= 11 is 0. The number of anilines is 1. The van der Waals surface area contributed by atoms with Crippen molar-refractivity contribution in [1.82, 2.24) is 29.5 Å². The van der Waals surface area contributed by atoms with Gasteiger partial charge in [-0.25, -0.2) is 9.79 Å². The molecule has 4 heterocycles. The van der Waals surface area contributed by atoms with Crippen molar-refractivity contribution in [2.45, 2.75) is 39.3 Å². The number of imidazole rings is 1. The van der Waals surface area contributed by atoms with Gasteiger partial charge in [-0.2, -0.15) is 19.6 Å². The van der Waals surface area contributed by atoms with E-state index in [1.807, 2.05) is 19.9 Å². The van der Waals surface area contributed by atoms with Crippen molar-refractivity contribution in [3.05, 3.63) is 56.4 Å². The molecule has 154 valence electrons. The minimum Gasteiger partial charge on any atom is -0.493 e. The SMILES string of the molecule is Cc1cc(CNc2nc(=NC3CC3)n3nc/c(=C\c4[nH]c(=O)[nH]c4O)c3n2)c(C)o1. The van der Waals surface area contributed by atoms with Gasteiger partial charge in [-0.05, 0) is 38.8 Å². The average Bonchev–Trinajstić information content (AvgIpc) is 3.20. The van der Waals surface area contributed by atoms with Gasteiger partial charge >= 0.3 is 5.69 Å². The molecule has 0 atom stereocenters. The van der Waals surface area contributed by atoms with E-state index >= 15 is 0 Å². The lowest BCUT2D eigenvalue weighted by Crippen LogP contribution is -2.24. The standard InChI is InChI=1S/C19H20N8O3/c1-9-5-11(10(2)30-9)7-20-17-24-15-12(6-14-16(28)25-19(29)23-14)8-21-27(15)18(26-17)22-13-3-4-13/h5-6,8,13,28H,3-4,7H2,1-2H3,(H,20,22,26)(H2,23,25,29)/b12-6+. The smallest absolute Gasteiger partial charge is 0.326 e. The third kappa shape index (κ3) is 3.45. The topological polar surface area (TPSA) is 149 Å². The van der Waals surface area contributed by atoms with E-state index in [2.05, 4.69) is 35.3 Å². The van der Waals surface area contributed by atoms with Crippen LogP contribution in [0.15, 0.2) is 26.5 Å². The second-order valence-corrected chi connectivity index (χ2v) is 7.32. The molecule has 4 aromatic rings. The molecule has 4 N–H and O–H groups in total. The number of aromatic hydroxyl groups is 1. The number of aromatic nitrogens is 6. The highest BCUT2D eigenvalue weighted by atomic mass is 16.3. The van der Waals surface area contributed by atoms with E-state index in [4.69, 9.17) is 4.42 Å². The summed E-state index contributed by atoms with van der Waals surface area (Å²) in [5.41, 5.74) is 1.73. The number of fused-ring (bicyclic) bond motifs is 1. The van der Waals surface area contributed by atoms with Crippen molar-refractivity contribution in [3.8, 4) is 5.88 Å². The van der Waals surface area contributed by atoms with Crippen LogP contribution in [0.3, 0.4) is 0 Å². The van der Waals surface area contributed by atoms with Crippen molar-refractivity contribution in [3.63, 3.8) is 0 Å². The summed E-state index contributed by atoms with van der Waals surface area (Å²) in [4.78, 5) is 30.0. The Kier molecular flexibility index (Phi) is 4.16. The summed E-state index contributed by atoms with van der Waals surface area (Å²) in [6.07, 6.45) is 5.24. The molecular formula is C19H20N8O3. The summed E-state index contributed by atoms with van der Waals surface area (Å²) in [6, 6.07) is 2.22. The Balaban J connectivity index is 1.60. The summed E-state index contributed by atoms with van der Waals surface area (Å²) < 4.78 is 7.13. The van der Waals surface area contributed by atoms with Gasteiger partial charge in [-0.1, -0.05) is 0 Å². The maximum atomic E-state index is 11.4. The van der Waals surface area contributed by atoms with Crippen LogP contribution in [0.5, 0.6) is 5.88 Å². The van der Waals surface area contributed by atoms with E-state index in [0.29, 0.717) is 29.0 Å². The lowest BCUT2D eigenvalue weighted by atomic mass is 10.2. The molecule has 0 unspecified atom stereocenters. The van der Waals surface area contributed by atoms with Crippen LogP contribution >= 0.6 is 0 Å². The van der Waals surface area contributed by atoms with Gasteiger partial charge in [-0.15, -0.1) is 0 Å². The molecule has 30 heavy (non-hydrogen) atoms. The average molecular weight is 408 g/mol. The van der Waals surface area contributed by atoms with Gasteiger partial charge in [0.2, 0.25) is 11.8 Å². The quantitative estimate of drug-likeness (QED) is 0.370. The number of hydrogen-bond acceptors (Lipinski definition) is 8. The maximum absolute atomic E-state index is 11.4. The molecule has 1 fully saturated rings. The van der Waals surface area contributed by atoms with Crippen LogP contribution in [0.25, 0.3) is 11.7 Å². The van der Waals surface area contributed by atoms with Crippen molar-refractivity contribution in [2.75, 3.05) is 5.32 Å². The molecule has 0 radical (unpaired) electrons. The third-order valence-electron chi connectivity index (χ3n) is 4.84. The van der Waals surface area contributed by atoms with Crippen LogP contribution < -0.4 is 21.8 Å². The molecule has 11 nitrogen and oxygen atoms in total. The molecule has 4 aromatic heterocycles. The van der Waals surface area contributed by atoms with Crippen molar-refractivity contribution < 1.29 is 9.52 Å². The molecule has 1 aliphatic carbocycles. The van der Waals surface area contributed by atoms with Crippen LogP contribution in [0.2, 0.25) is 0 Å². The molecular weight excluding hydrogens is 388 g/mol. The lowest BCUT2D eigenvalue weighted by Gasteiger charge is -2.04. The Hall–Kier alpha value is -3.89. The number of furan rings is 1. The van der Waals surface area contributed by atoms with Crippen LogP contribution in [-0.4, -0.2) is 40.7 Å². The maximum Gasteiger partial charge on any atom is 0.326 e. The first-order valence-electron chi connectivity index (χ1n) is 9.58. The first-order chi connectivity index (χ1) is 14.5. The van der Waals surface area contributed by atoms with Crippen molar-refractivity contribution in [1.29, 1.82) is 0 Å². The zero-order chi connectivity index (χ0) is 20.8. The number of H-pyrrole nitrogens is 2. The van der Waals surface area contributed by atoms with Crippen molar-refractivity contribution in [2.24, 2.45) is 4.99 Å². The fraction of sp³-hybridized carbons (Fsp3) is 0.316. The highest BCUT2D eigenvalue weighted by molar-refractivity contribution is 5.57. The van der Waals surface area contributed by atoms with E-state index in [0.717, 1.165) is 29.9 Å². The van der Waals surface area contributed by atoms with Gasteiger partial charge in [0.05, 0.1) is 12.2 Å². The van der Waals surface area contributed by atoms with Crippen LogP contribution in [0, 0.1) is 13.8 Å². The van der Waals surface area contributed by atoms with Gasteiger partial charge in [-0.3, -0.25) is 4.98 Å². The molecule has 5 rings (SSSR count). The van der Waals surface area contributed by atoms with Gasteiger partial charge in [0, 0.05) is 17.3 Å². The summed E-state index contributed by atoms with van der Waals surface area (Å²) in [5.74, 6) is 1.84. The van der Waals surface area contributed by atoms with E-state index in [9.17, 15) is 9.90 Å². The Morgan fingerprint density at radius 1 is 1.37 bits per heavy atom. The number of hydrogen-bond donors (Lipinski definition) is 4. The van der Waals surface area contributed by atoms with Gasteiger partial charge in [0.15, 0.2) is 5.65 Å². The first-order valence-corrected chi connectivity index (χ1v) is 9.58. The minimum atomic E-state index is -0.498. The zero-order valence-corrected chi connectivity index (χ0v) is 16.4. The Bertz CT molecular complexity index is 1420. The van der Waals surface area contributed by atoms with Crippen LogP contribution in [0.1, 0.15) is 35.6 Å². The molecule has 0 aliphatic heterocycles. The van der Waals surface area contributed by atoms with Gasteiger partial charge < -0.3 is 19.8 Å². The molecule has 0 bridgehead atoms. The van der Waals surface area contributed by atoms with Crippen LogP contribution in [-0.2, 0) is 6.54 Å². The second kappa shape index (κ2) is 6.87. The molecule has 11 heteroatoms. The highest BCUT2D eigenvalue weighted by Gasteiger charge is 2.21. The van der Waals surface area contributed by atoms with Gasteiger partial charge in [0.1, 0.15) is 17.2 Å². The molecule has 0 amide bonds. The van der Waals surface area contributed by atoms with Crippen LogP contribution in [0.4, 0.5) is 5.95 Å². The highest BCUT2D eigenvalue weighted by Crippen LogP contribution is 2.22. The second-order valence-electron chi connectivity index (χ2n) is 7.32. The monoisotopic (exact) mass is 408 g/mol. The number of aromatic amines is 2. The number of rotatable bonds is 5. The Morgan fingerprint density at radius 3 is 2.87 bits per heavy atom. The van der Waals surface area contributed by atoms with Crippen molar-refractivity contribution >= 4 is 17.7 Å².